The maximum Gasteiger partial charge on any atom is 0.251 e. The summed E-state index contributed by atoms with van der Waals surface area (Å²) in [6.07, 6.45) is 2.59. The van der Waals surface area contributed by atoms with E-state index < -0.39 is 10.0 Å². The first kappa shape index (κ1) is 24.5. The lowest BCUT2D eigenvalue weighted by atomic mass is 9.98. The maximum absolute atomic E-state index is 13.1. The van der Waals surface area contributed by atoms with Gasteiger partial charge in [-0.25, -0.2) is 8.42 Å². The number of rotatable bonds is 6. The second kappa shape index (κ2) is 10.1. The Labute approximate surface area is 213 Å². The number of carbonyl (C=O) groups is 1. The molecule has 0 radical (unpaired) electrons. The van der Waals surface area contributed by atoms with Gasteiger partial charge in [0.2, 0.25) is 10.0 Å². The van der Waals surface area contributed by atoms with Gasteiger partial charge in [0, 0.05) is 37.7 Å². The molecule has 5 rings (SSSR count). The zero-order valence-electron chi connectivity index (χ0n) is 19.9. The van der Waals surface area contributed by atoms with Crippen LogP contribution in [0.25, 0.3) is 10.2 Å². The predicted molar refractivity (Wildman–Crippen MR) is 136 cm³/mol. The number of ether oxygens (including phenoxy) is 3. The lowest BCUT2D eigenvalue weighted by Gasteiger charge is -2.29. The molecule has 1 amide bonds. The van der Waals surface area contributed by atoms with Crippen molar-refractivity contribution < 1.29 is 27.4 Å². The Kier molecular flexibility index (Phi) is 6.87. The minimum Gasteiger partial charge on any atom is -0.497 e. The van der Waals surface area contributed by atoms with Crippen LogP contribution in [0.1, 0.15) is 12.8 Å². The van der Waals surface area contributed by atoms with Crippen molar-refractivity contribution in [1.82, 2.24) is 8.87 Å². The Hall–Kier alpha value is -3.15. The van der Waals surface area contributed by atoms with E-state index in [1.807, 2.05) is 16.7 Å². The SMILES string of the molecule is C=CCn1c(=NC(=O)C2CCN(S(=O)(=O)c3ccc(OC)cc3)CC2)sc2cc3c(cc21)OCCO3. The van der Waals surface area contributed by atoms with E-state index in [-0.39, 0.29) is 29.8 Å². The van der Waals surface area contributed by atoms with Gasteiger partial charge in [-0.1, -0.05) is 17.4 Å². The molecule has 190 valence electrons. The summed E-state index contributed by atoms with van der Waals surface area (Å²) in [5, 5.41) is 0. The Balaban J connectivity index is 1.35. The van der Waals surface area contributed by atoms with Crippen molar-refractivity contribution in [3.63, 3.8) is 0 Å². The van der Waals surface area contributed by atoms with Crippen LogP contribution < -0.4 is 19.0 Å². The van der Waals surface area contributed by atoms with Gasteiger partial charge in [0.25, 0.3) is 5.91 Å². The van der Waals surface area contributed by atoms with Crippen molar-refractivity contribution in [3.8, 4) is 17.2 Å². The normalized spacial score (nSPS) is 17.3. The van der Waals surface area contributed by atoms with Gasteiger partial charge in [0.05, 0.1) is 22.2 Å². The van der Waals surface area contributed by atoms with E-state index in [9.17, 15) is 13.2 Å². The van der Waals surface area contributed by atoms with Crippen molar-refractivity contribution in [2.24, 2.45) is 10.9 Å². The van der Waals surface area contributed by atoms with Gasteiger partial charge in [0.15, 0.2) is 16.3 Å². The molecule has 36 heavy (non-hydrogen) atoms. The Morgan fingerprint density at radius 3 is 2.47 bits per heavy atom. The summed E-state index contributed by atoms with van der Waals surface area (Å²) >= 11 is 1.41. The van der Waals surface area contributed by atoms with Gasteiger partial charge >= 0.3 is 0 Å². The van der Waals surface area contributed by atoms with Gasteiger partial charge in [-0.15, -0.1) is 6.58 Å². The molecule has 11 heteroatoms. The summed E-state index contributed by atoms with van der Waals surface area (Å²) in [7, 11) is -2.10. The molecule has 1 saturated heterocycles. The summed E-state index contributed by atoms with van der Waals surface area (Å²) in [4.78, 5) is 18.4. The molecule has 0 saturated carbocycles. The van der Waals surface area contributed by atoms with Crippen molar-refractivity contribution >= 4 is 37.5 Å². The van der Waals surface area contributed by atoms with E-state index >= 15 is 0 Å². The quantitative estimate of drug-likeness (QED) is 0.455. The van der Waals surface area contributed by atoms with Gasteiger partial charge in [-0.05, 0) is 37.1 Å². The number of hydrogen-bond acceptors (Lipinski definition) is 7. The summed E-state index contributed by atoms with van der Waals surface area (Å²) < 4.78 is 46.9. The van der Waals surface area contributed by atoms with E-state index in [1.165, 1.54) is 34.9 Å². The zero-order valence-corrected chi connectivity index (χ0v) is 21.5. The average molecular weight is 530 g/mol. The fraction of sp³-hybridized carbons (Fsp3) is 0.360. The zero-order chi connectivity index (χ0) is 25.3. The van der Waals surface area contributed by atoms with Crippen LogP contribution in [0.15, 0.2) is 58.9 Å². The third-order valence-corrected chi connectivity index (χ3v) is 9.32. The first-order valence-corrected chi connectivity index (χ1v) is 13.9. The van der Waals surface area contributed by atoms with Gasteiger partial charge in [0.1, 0.15) is 19.0 Å². The molecule has 3 heterocycles. The minimum atomic E-state index is -3.64. The largest absolute Gasteiger partial charge is 0.497 e. The number of methoxy groups -OCH3 is 1. The number of nitrogens with zero attached hydrogens (tertiary/aromatic N) is 3. The van der Waals surface area contributed by atoms with Crippen LogP contribution in [-0.4, -0.2) is 56.6 Å². The third kappa shape index (κ3) is 4.65. The highest BCUT2D eigenvalue weighted by Crippen LogP contribution is 2.35. The Morgan fingerprint density at radius 2 is 1.83 bits per heavy atom. The fourth-order valence-corrected chi connectivity index (χ4v) is 6.95. The molecule has 0 unspecified atom stereocenters. The van der Waals surface area contributed by atoms with Crippen molar-refractivity contribution in [1.29, 1.82) is 0 Å². The average Bonchev–Trinajstić information content (AvgIpc) is 3.23. The number of piperidine rings is 1. The number of benzene rings is 2. The molecule has 9 nitrogen and oxygen atoms in total. The van der Waals surface area contributed by atoms with Crippen LogP contribution in [0, 0.1) is 5.92 Å². The Bertz CT molecular complexity index is 1470. The molecule has 2 aliphatic rings. The topological polar surface area (TPSA) is 99.4 Å². The lowest BCUT2D eigenvalue weighted by molar-refractivity contribution is -0.122. The minimum absolute atomic E-state index is 0.212. The summed E-state index contributed by atoms with van der Waals surface area (Å²) in [5.41, 5.74) is 0.899. The first-order chi connectivity index (χ1) is 17.4. The van der Waals surface area contributed by atoms with E-state index in [0.29, 0.717) is 54.7 Å². The van der Waals surface area contributed by atoms with Gasteiger partial charge < -0.3 is 18.8 Å². The van der Waals surface area contributed by atoms with Crippen molar-refractivity contribution in [2.75, 3.05) is 33.4 Å². The lowest BCUT2D eigenvalue weighted by Crippen LogP contribution is -2.40. The predicted octanol–water partition coefficient (Wildman–Crippen LogP) is 3.20. The molecule has 3 aromatic rings. The summed E-state index contributed by atoms with van der Waals surface area (Å²) in [6.45, 7) is 5.85. The molecule has 0 spiro atoms. The van der Waals surface area contributed by atoms with E-state index in [2.05, 4.69) is 11.6 Å². The van der Waals surface area contributed by atoms with Crippen LogP contribution >= 0.6 is 11.3 Å². The van der Waals surface area contributed by atoms with Crippen molar-refractivity contribution in [2.45, 2.75) is 24.3 Å². The van der Waals surface area contributed by atoms with Crippen LogP contribution in [0.4, 0.5) is 0 Å². The highest BCUT2D eigenvalue weighted by molar-refractivity contribution is 7.89. The number of sulfonamides is 1. The van der Waals surface area contributed by atoms with E-state index in [4.69, 9.17) is 14.2 Å². The number of amides is 1. The smallest absolute Gasteiger partial charge is 0.251 e. The number of aromatic nitrogens is 1. The summed E-state index contributed by atoms with van der Waals surface area (Å²) in [6, 6.07) is 10.2. The second-order valence-electron chi connectivity index (χ2n) is 8.55. The third-order valence-electron chi connectivity index (χ3n) is 6.36. The molecule has 1 aromatic heterocycles. The van der Waals surface area contributed by atoms with Crippen molar-refractivity contribution in [3.05, 3.63) is 53.9 Å². The molecule has 1 fully saturated rings. The molecule has 2 aromatic carbocycles. The van der Waals surface area contributed by atoms with Crippen LogP contribution in [-0.2, 0) is 21.4 Å². The number of fused-ring (bicyclic) bond motifs is 2. The van der Waals surface area contributed by atoms with E-state index in [0.717, 1.165) is 10.2 Å². The number of allylic oxidation sites excluding steroid dienone is 1. The molecule has 0 aliphatic carbocycles. The highest BCUT2D eigenvalue weighted by Gasteiger charge is 2.32. The number of carbonyl (C=O) groups excluding carboxylic acids is 1. The first-order valence-electron chi connectivity index (χ1n) is 11.7. The standard InChI is InChI=1S/C25H27N3O6S2/c1-3-10-28-20-15-21-22(34-14-13-33-21)16-23(20)35-25(28)26-24(29)17-8-11-27(12-9-17)36(30,31)19-6-4-18(32-2)5-7-19/h3-7,15-17H,1,8-14H2,2H3. The van der Waals surface area contributed by atoms with Crippen LogP contribution in [0.2, 0.25) is 0 Å². The molecule has 0 N–H and O–H groups in total. The van der Waals surface area contributed by atoms with Crippen LogP contribution in [0.3, 0.4) is 0 Å². The van der Waals surface area contributed by atoms with Gasteiger partial charge in [-0.2, -0.15) is 9.30 Å². The monoisotopic (exact) mass is 529 g/mol. The molecule has 2 aliphatic heterocycles. The van der Waals surface area contributed by atoms with Crippen LogP contribution in [0.5, 0.6) is 17.2 Å². The molecule has 0 bridgehead atoms. The summed E-state index contributed by atoms with van der Waals surface area (Å²) in [5.74, 6) is 1.37. The molecule has 0 atom stereocenters. The highest BCUT2D eigenvalue weighted by atomic mass is 32.2. The maximum atomic E-state index is 13.1. The molecular formula is C25H27N3O6S2. The number of hydrogen-bond donors (Lipinski definition) is 0. The number of thiazole rings is 1. The molecular weight excluding hydrogens is 502 g/mol. The fourth-order valence-electron chi connectivity index (χ4n) is 4.42. The van der Waals surface area contributed by atoms with Gasteiger partial charge in [-0.3, -0.25) is 4.79 Å². The Morgan fingerprint density at radius 1 is 1.17 bits per heavy atom. The van der Waals surface area contributed by atoms with E-state index in [1.54, 1.807) is 18.2 Å². The second-order valence-corrected chi connectivity index (χ2v) is 11.5.